The number of aromatic nitrogens is 4. The Hall–Kier alpha value is -3.13. The molecule has 6 rings (SSSR count). The van der Waals surface area contributed by atoms with Gasteiger partial charge in [-0.1, -0.05) is 23.2 Å². The highest BCUT2D eigenvalue weighted by Gasteiger charge is 2.50. The molecule has 1 amide bonds. The van der Waals surface area contributed by atoms with Gasteiger partial charge in [-0.2, -0.15) is 10.2 Å². The van der Waals surface area contributed by atoms with Crippen molar-refractivity contribution in [2.75, 3.05) is 23.8 Å². The number of nitrogens with zero attached hydrogens (tertiary/aromatic N) is 5. The van der Waals surface area contributed by atoms with Crippen molar-refractivity contribution in [3.63, 3.8) is 0 Å². The van der Waals surface area contributed by atoms with Crippen LogP contribution in [0, 0.1) is 22.7 Å². The summed E-state index contributed by atoms with van der Waals surface area (Å²) in [6.07, 6.45) is 6.70. The van der Waals surface area contributed by atoms with Crippen LogP contribution in [0.5, 0.6) is 0 Å². The molecule has 12 heteroatoms. The molecule has 1 spiro atoms. The number of nitrogens with two attached hydrogens (primary N) is 1. The summed E-state index contributed by atoms with van der Waals surface area (Å²) in [6.45, 7) is 1.67. The van der Waals surface area contributed by atoms with Crippen molar-refractivity contribution >= 4 is 57.9 Å². The van der Waals surface area contributed by atoms with E-state index in [-0.39, 0.29) is 17.9 Å². The molecule has 3 heterocycles. The van der Waals surface area contributed by atoms with Crippen LogP contribution in [0.3, 0.4) is 0 Å². The first kappa shape index (κ1) is 24.2. The Labute approximate surface area is 223 Å². The van der Waals surface area contributed by atoms with E-state index in [2.05, 4.69) is 21.7 Å². The lowest BCUT2D eigenvalue weighted by molar-refractivity contribution is -0.160. The average Bonchev–Trinajstić information content (AvgIpc) is 3.19. The monoisotopic (exact) mass is 540 g/mol. The highest BCUT2D eigenvalue weighted by Crippen LogP contribution is 2.48. The second-order valence-electron chi connectivity index (χ2n) is 10.4. The third kappa shape index (κ3) is 4.45. The van der Waals surface area contributed by atoms with Crippen molar-refractivity contribution in [2.45, 2.75) is 50.6 Å². The number of nitriles is 1. The van der Waals surface area contributed by atoms with E-state index < -0.39 is 0 Å². The van der Waals surface area contributed by atoms with E-state index in [9.17, 15) is 10.1 Å². The molecule has 2 aromatic heterocycles. The lowest BCUT2D eigenvalue weighted by atomic mass is 9.64. The summed E-state index contributed by atoms with van der Waals surface area (Å²) in [7, 11) is 0. The number of nitrogens with one attached hydrogen (secondary N) is 2. The molecular formula is C25H26Cl2N8O2. The maximum atomic E-state index is 11.8. The second kappa shape index (κ2) is 9.31. The number of anilines is 3. The number of imidazole rings is 1. The molecule has 2 aliphatic carbocycles. The summed E-state index contributed by atoms with van der Waals surface area (Å²) < 4.78 is 7.43. The third-order valence-electron chi connectivity index (χ3n) is 7.81. The van der Waals surface area contributed by atoms with Gasteiger partial charge in [0.2, 0.25) is 17.8 Å². The Morgan fingerprint density at radius 2 is 1.86 bits per heavy atom. The van der Waals surface area contributed by atoms with Gasteiger partial charge in [0.1, 0.15) is 5.52 Å². The molecule has 3 aromatic rings. The van der Waals surface area contributed by atoms with E-state index in [1.165, 1.54) is 0 Å². The summed E-state index contributed by atoms with van der Waals surface area (Å²) in [5.74, 6) is 0.692. The number of ether oxygens (including phenoxy) is 1. The highest BCUT2D eigenvalue weighted by atomic mass is 35.5. The Morgan fingerprint density at radius 1 is 1.16 bits per heavy atom. The second-order valence-corrected chi connectivity index (χ2v) is 11.2. The lowest BCUT2D eigenvalue weighted by Gasteiger charge is -2.53. The summed E-state index contributed by atoms with van der Waals surface area (Å²) in [4.78, 5) is 25.9. The van der Waals surface area contributed by atoms with Gasteiger partial charge in [0.15, 0.2) is 5.65 Å². The lowest BCUT2D eigenvalue weighted by Crippen LogP contribution is -2.56. The molecule has 10 nitrogen and oxygen atoms in total. The summed E-state index contributed by atoms with van der Waals surface area (Å²) >= 11 is 12.9. The topological polar surface area (TPSA) is 144 Å². The van der Waals surface area contributed by atoms with Crippen LogP contribution < -0.4 is 16.4 Å². The first-order valence-electron chi connectivity index (χ1n) is 12.4. The molecule has 2 saturated carbocycles. The Kier molecular flexibility index (Phi) is 6.10. The molecule has 1 saturated heterocycles. The molecule has 1 aromatic carbocycles. The average molecular weight is 541 g/mol. The fourth-order valence-corrected chi connectivity index (χ4v) is 6.36. The van der Waals surface area contributed by atoms with Gasteiger partial charge in [-0.05, 0) is 50.7 Å². The predicted molar refractivity (Wildman–Crippen MR) is 140 cm³/mol. The molecule has 1 aliphatic heterocycles. The molecule has 192 valence electrons. The molecule has 0 atom stereocenters. The molecule has 0 bridgehead atoms. The van der Waals surface area contributed by atoms with Crippen LogP contribution in [-0.2, 0) is 9.53 Å². The minimum Gasteiger partial charge on any atom is -0.380 e. The number of carbonyl (C=O) groups excluding carboxylic acids is 1. The number of halogens is 2. The number of rotatable bonds is 6. The molecule has 4 N–H and O–H groups in total. The van der Waals surface area contributed by atoms with Crippen LogP contribution >= 0.6 is 23.2 Å². The Bertz CT molecular complexity index is 1390. The number of hydrogen-bond acceptors (Lipinski definition) is 8. The van der Waals surface area contributed by atoms with E-state index in [4.69, 9.17) is 43.6 Å². The van der Waals surface area contributed by atoms with Crippen molar-refractivity contribution in [3.05, 3.63) is 33.9 Å². The van der Waals surface area contributed by atoms with Crippen LogP contribution in [0.4, 0.5) is 17.6 Å². The number of hydrogen-bond donors (Lipinski definition) is 3. The van der Waals surface area contributed by atoms with Gasteiger partial charge in [-0.3, -0.25) is 9.36 Å². The van der Waals surface area contributed by atoms with Crippen molar-refractivity contribution in [3.8, 4) is 6.07 Å². The van der Waals surface area contributed by atoms with Gasteiger partial charge in [0.25, 0.3) is 0 Å². The molecule has 3 fully saturated rings. The first-order valence-corrected chi connectivity index (χ1v) is 13.1. The van der Waals surface area contributed by atoms with Gasteiger partial charge in [0.05, 0.1) is 46.8 Å². The SMILES string of the molecule is N#Cc1cc(Cl)c(Nc2nc3cnc(NC4CC5(COC5)C4)nc3n2C2CCC(C(N)=O)CC2)c(Cl)c1. The minimum absolute atomic E-state index is 0.0425. The maximum absolute atomic E-state index is 11.8. The fourth-order valence-electron chi connectivity index (χ4n) is 5.78. The maximum Gasteiger partial charge on any atom is 0.224 e. The fraction of sp³-hybridized carbons (Fsp3) is 0.480. The minimum atomic E-state index is -0.257. The Morgan fingerprint density at radius 3 is 2.46 bits per heavy atom. The van der Waals surface area contributed by atoms with Crippen LogP contribution in [0.1, 0.15) is 50.1 Å². The first-order chi connectivity index (χ1) is 17.8. The van der Waals surface area contributed by atoms with Crippen molar-refractivity contribution in [2.24, 2.45) is 17.1 Å². The van der Waals surface area contributed by atoms with E-state index >= 15 is 0 Å². The van der Waals surface area contributed by atoms with E-state index in [1.54, 1.807) is 18.3 Å². The molecular weight excluding hydrogens is 515 g/mol. The predicted octanol–water partition coefficient (Wildman–Crippen LogP) is 4.56. The number of primary amides is 1. The highest BCUT2D eigenvalue weighted by molar-refractivity contribution is 6.39. The van der Waals surface area contributed by atoms with Gasteiger partial charge in [-0.15, -0.1) is 0 Å². The number of fused-ring (bicyclic) bond motifs is 1. The van der Waals surface area contributed by atoms with Gasteiger partial charge >= 0.3 is 0 Å². The largest absolute Gasteiger partial charge is 0.380 e. The van der Waals surface area contributed by atoms with Crippen LogP contribution in [0.15, 0.2) is 18.3 Å². The van der Waals surface area contributed by atoms with E-state index in [0.717, 1.165) is 38.9 Å². The van der Waals surface area contributed by atoms with Crippen molar-refractivity contribution in [1.82, 2.24) is 19.5 Å². The summed E-state index contributed by atoms with van der Waals surface area (Å²) in [5, 5.41) is 16.6. The number of carbonyl (C=O) groups is 1. The third-order valence-corrected chi connectivity index (χ3v) is 8.41. The summed E-state index contributed by atoms with van der Waals surface area (Å²) in [5.41, 5.74) is 8.04. The van der Waals surface area contributed by atoms with Crippen molar-refractivity contribution < 1.29 is 9.53 Å². The quantitative estimate of drug-likeness (QED) is 0.412. The van der Waals surface area contributed by atoms with Crippen LogP contribution in [0.2, 0.25) is 10.0 Å². The van der Waals surface area contributed by atoms with Gasteiger partial charge in [-0.25, -0.2) is 9.97 Å². The molecule has 3 aliphatic rings. The summed E-state index contributed by atoms with van der Waals surface area (Å²) in [6, 6.07) is 5.53. The molecule has 0 unspecified atom stereocenters. The van der Waals surface area contributed by atoms with Crippen molar-refractivity contribution in [1.29, 1.82) is 5.26 Å². The van der Waals surface area contributed by atoms with Gasteiger partial charge < -0.3 is 21.1 Å². The smallest absolute Gasteiger partial charge is 0.224 e. The van der Waals surface area contributed by atoms with E-state index in [1.807, 2.05) is 4.57 Å². The van der Waals surface area contributed by atoms with Crippen LogP contribution in [0.25, 0.3) is 11.2 Å². The Balaban J connectivity index is 1.34. The zero-order chi connectivity index (χ0) is 25.7. The van der Waals surface area contributed by atoms with Gasteiger partial charge in [0, 0.05) is 23.4 Å². The van der Waals surface area contributed by atoms with Crippen LogP contribution in [-0.4, -0.2) is 44.7 Å². The number of benzene rings is 1. The van der Waals surface area contributed by atoms with E-state index in [0.29, 0.717) is 68.7 Å². The standard InChI is InChI=1S/C25H26Cl2N8O2/c26-17-5-13(9-28)6-18(27)20(17)33-24-32-19-10-30-23(31-15-7-25(8-15)11-37-12-25)34-22(19)35(24)16-3-1-14(2-4-16)21(29)36/h5-6,10,14-16H,1-4,7-8,11-12H2,(H2,29,36)(H,32,33)(H,30,31,34). The molecule has 0 radical (unpaired) electrons. The number of amides is 1. The normalized spacial score (nSPS) is 22.7. The molecule has 37 heavy (non-hydrogen) atoms. The zero-order valence-corrected chi connectivity index (χ0v) is 21.5. The zero-order valence-electron chi connectivity index (χ0n) is 20.0.